The Morgan fingerprint density at radius 2 is 1.63 bits per heavy atom. The predicted octanol–water partition coefficient (Wildman–Crippen LogP) is 4.01. The summed E-state index contributed by atoms with van der Waals surface area (Å²) >= 11 is 5.75. The van der Waals surface area contributed by atoms with E-state index in [9.17, 15) is 26.4 Å². The Morgan fingerprint density at radius 1 is 1.07 bits per heavy atom. The number of amides is 1. The van der Waals surface area contributed by atoms with Crippen LogP contribution < -0.4 is 5.32 Å². The Hall–Kier alpha value is -2.10. The molecule has 0 aliphatic carbocycles. The highest BCUT2D eigenvalue weighted by molar-refractivity contribution is 7.89. The van der Waals surface area contributed by atoms with Gasteiger partial charge in [0.1, 0.15) is 0 Å². The summed E-state index contributed by atoms with van der Waals surface area (Å²) in [5.74, 6) is -0.672. The van der Waals surface area contributed by atoms with Gasteiger partial charge in [-0.3, -0.25) is 4.79 Å². The zero-order valence-corrected chi connectivity index (χ0v) is 15.7. The highest BCUT2D eigenvalue weighted by Gasteiger charge is 2.30. The second-order valence-electron chi connectivity index (χ2n) is 5.51. The van der Waals surface area contributed by atoms with Crippen molar-refractivity contribution in [2.24, 2.45) is 0 Å². The van der Waals surface area contributed by atoms with Crippen molar-refractivity contribution in [3.05, 3.63) is 59.1 Å². The van der Waals surface area contributed by atoms with Gasteiger partial charge < -0.3 is 5.32 Å². The third-order valence-corrected chi connectivity index (χ3v) is 5.81. The van der Waals surface area contributed by atoms with Crippen molar-refractivity contribution in [3.8, 4) is 0 Å². The van der Waals surface area contributed by atoms with Gasteiger partial charge in [-0.15, -0.1) is 0 Å². The zero-order chi connectivity index (χ0) is 20.2. The number of anilines is 1. The van der Waals surface area contributed by atoms with Crippen molar-refractivity contribution in [3.63, 3.8) is 0 Å². The van der Waals surface area contributed by atoms with Crippen LogP contribution in [0.1, 0.15) is 12.5 Å². The summed E-state index contributed by atoms with van der Waals surface area (Å²) in [4.78, 5) is 12.1. The van der Waals surface area contributed by atoms with Crippen LogP contribution in [0, 0.1) is 0 Å². The molecule has 0 aliphatic rings. The lowest BCUT2D eigenvalue weighted by Gasteiger charge is -2.20. The first-order chi connectivity index (χ1) is 12.5. The number of nitrogens with zero attached hydrogens (tertiary/aromatic N) is 1. The summed E-state index contributed by atoms with van der Waals surface area (Å²) in [7, 11) is -3.92. The molecule has 0 fully saturated rings. The highest BCUT2D eigenvalue weighted by atomic mass is 35.5. The molecule has 0 saturated carbocycles. The second-order valence-corrected chi connectivity index (χ2v) is 7.88. The van der Waals surface area contributed by atoms with Crippen LogP contribution in [0.2, 0.25) is 5.02 Å². The van der Waals surface area contributed by atoms with Crippen LogP contribution in [0.15, 0.2) is 53.4 Å². The third kappa shape index (κ3) is 5.44. The maximum atomic E-state index is 12.6. The minimum atomic E-state index is -4.48. The normalized spacial score (nSPS) is 12.2. The molecule has 2 rings (SSSR count). The molecule has 0 heterocycles. The Balaban J connectivity index is 2.09. The maximum Gasteiger partial charge on any atom is 0.416 e. The van der Waals surface area contributed by atoms with E-state index in [1.807, 2.05) is 0 Å². The molecule has 0 unspecified atom stereocenters. The monoisotopic (exact) mass is 420 g/mol. The van der Waals surface area contributed by atoms with E-state index >= 15 is 0 Å². The van der Waals surface area contributed by atoms with Gasteiger partial charge in [-0.1, -0.05) is 18.5 Å². The molecule has 146 valence electrons. The van der Waals surface area contributed by atoms with E-state index in [0.29, 0.717) is 5.02 Å². The lowest BCUT2D eigenvalue weighted by Crippen LogP contribution is -2.37. The van der Waals surface area contributed by atoms with Gasteiger partial charge in [0.15, 0.2) is 0 Å². The van der Waals surface area contributed by atoms with Crippen molar-refractivity contribution in [2.75, 3.05) is 18.4 Å². The molecule has 0 atom stereocenters. The van der Waals surface area contributed by atoms with Gasteiger partial charge in [0.05, 0.1) is 17.0 Å². The number of hydrogen-bond donors (Lipinski definition) is 1. The fourth-order valence-corrected chi connectivity index (χ4v) is 3.76. The number of rotatable bonds is 6. The second kappa shape index (κ2) is 8.28. The van der Waals surface area contributed by atoms with Gasteiger partial charge >= 0.3 is 6.18 Å². The van der Waals surface area contributed by atoms with Crippen molar-refractivity contribution in [1.82, 2.24) is 4.31 Å². The Morgan fingerprint density at radius 3 is 2.11 bits per heavy atom. The predicted molar refractivity (Wildman–Crippen MR) is 96.0 cm³/mol. The molecule has 0 bridgehead atoms. The molecule has 2 aromatic carbocycles. The van der Waals surface area contributed by atoms with Crippen molar-refractivity contribution in [1.29, 1.82) is 0 Å². The fraction of sp³-hybridized carbons (Fsp3) is 0.235. The molecular weight excluding hydrogens is 405 g/mol. The van der Waals surface area contributed by atoms with E-state index in [0.717, 1.165) is 28.6 Å². The van der Waals surface area contributed by atoms with Crippen LogP contribution in [0.5, 0.6) is 0 Å². The number of benzene rings is 2. The van der Waals surface area contributed by atoms with Crippen LogP contribution in [0.3, 0.4) is 0 Å². The zero-order valence-electron chi connectivity index (χ0n) is 14.1. The van der Waals surface area contributed by atoms with Crippen LogP contribution in [0.4, 0.5) is 18.9 Å². The highest BCUT2D eigenvalue weighted by Crippen LogP contribution is 2.29. The van der Waals surface area contributed by atoms with Gasteiger partial charge in [0.25, 0.3) is 0 Å². The number of carbonyl (C=O) groups is 1. The van der Waals surface area contributed by atoms with Crippen LogP contribution in [0.25, 0.3) is 0 Å². The van der Waals surface area contributed by atoms with E-state index in [-0.39, 0.29) is 17.1 Å². The molecule has 0 aromatic heterocycles. The lowest BCUT2D eigenvalue weighted by molar-refractivity contribution is -0.137. The van der Waals surface area contributed by atoms with Crippen LogP contribution in [-0.2, 0) is 21.0 Å². The Labute approximate surface area is 159 Å². The van der Waals surface area contributed by atoms with Crippen LogP contribution in [-0.4, -0.2) is 31.7 Å². The number of sulfonamides is 1. The summed E-state index contributed by atoms with van der Waals surface area (Å²) in [6.45, 7) is 1.12. The molecule has 0 spiro atoms. The SMILES string of the molecule is CCN(CC(=O)Nc1ccc(C(F)(F)F)cc1)S(=O)(=O)c1ccc(Cl)cc1. The molecule has 1 amide bonds. The number of nitrogens with one attached hydrogen (secondary N) is 1. The summed E-state index contributed by atoms with van der Waals surface area (Å²) in [5, 5.41) is 2.76. The van der Waals surface area contributed by atoms with Crippen molar-refractivity contribution < 1.29 is 26.4 Å². The molecule has 5 nitrogen and oxygen atoms in total. The maximum absolute atomic E-state index is 12.6. The summed E-state index contributed by atoms with van der Waals surface area (Å²) in [6, 6.07) is 9.36. The number of carbonyl (C=O) groups excluding carboxylic acids is 1. The van der Waals surface area contributed by atoms with Gasteiger partial charge in [-0.2, -0.15) is 17.5 Å². The van der Waals surface area contributed by atoms with Crippen molar-refractivity contribution in [2.45, 2.75) is 18.0 Å². The van der Waals surface area contributed by atoms with E-state index < -0.39 is 34.2 Å². The molecule has 10 heteroatoms. The fourth-order valence-electron chi connectivity index (χ4n) is 2.23. The first kappa shape index (κ1) is 21.2. The largest absolute Gasteiger partial charge is 0.416 e. The van der Waals surface area contributed by atoms with E-state index in [2.05, 4.69) is 5.32 Å². The smallest absolute Gasteiger partial charge is 0.325 e. The average molecular weight is 421 g/mol. The first-order valence-electron chi connectivity index (χ1n) is 7.77. The van der Waals surface area contributed by atoms with E-state index in [1.54, 1.807) is 6.92 Å². The van der Waals surface area contributed by atoms with Gasteiger partial charge in [0, 0.05) is 17.3 Å². The lowest BCUT2D eigenvalue weighted by atomic mass is 10.2. The summed E-state index contributed by atoms with van der Waals surface area (Å²) in [5.41, 5.74) is -0.714. The number of likely N-dealkylation sites (N-methyl/N-ethyl adjacent to an activating group) is 1. The first-order valence-corrected chi connectivity index (χ1v) is 9.58. The third-order valence-electron chi connectivity index (χ3n) is 3.62. The minimum absolute atomic E-state index is 0.0175. The number of alkyl halides is 3. The van der Waals surface area contributed by atoms with E-state index in [4.69, 9.17) is 11.6 Å². The molecule has 1 N–H and O–H groups in total. The standard InChI is InChI=1S/C17H16ClF3N2O3S/c1-2-23(27(25,26)15-9-5-13(18)6-10-15)11-16(24)22-14-7-3-12(4-8-14)17(19,20)21/h3-10H,2,11H2,1H3,(H,22,24). The van der Waals surface area contributed by atoms with Crippen LogP contribution >= 0.6 is 11.6 Å². The quantitative estimate of drug-likeness (QED) is 0.767. The molecule has 27 heavy (non-hydrogen) atoms. The molecular formula is C17H16ClF3N2O3S. The van der Waals surface area contributed by atoms with Gasteiger partial charge in [-0.25, -0.2) is 8.42 Å². The molecule has 2 aromatic rings. The average Bonchev–Trinajstić information content (AvgIpc) is 2.59. The molecule has 0 saturated heterocycles. The van der Waals surface area contributed by atoms with Gasteiger partial charge in [-0.05, 0) is 48.5 Å². The topological polar surface area (TPSA) is 66.5 Å². The summed E-state index contributed by atoms with van der Waals surface area (Å²) in [6.07, 6.45) is -4.48. The van der Waals surface area contributed by atoms with Crippen molar-refractivity contribution >= 4 is 33.2 Å². The molecule has 0 radical (unpaired) electrons. The number of halogens is 4. The Kier molecular flexibility index (Phi) is 6.50. The van der Waals surface area contributed by atoms with E-state index in [1.165, 1.54) is 24.3 Å². The number of hydrogen-bond acceptors (Lipinski definition) is 3. The minimum Gasteiger partial charge on any atom is -0.325 e. The van der Waals surface area contributed by atoms with Gasteiger partial charge in [0.2, 0.25) is 15.9 Å². The molecule has 0 aliphatic heterocycles. The Bertz CT molecular complexity index is 899. The summed E-state index contributed by atoms with van der Waals surface area (Å²) < 4.78 is 63.8.